The minimum absolute atomic E-state index is 0.0815. The molecule has 48 heavy (non-hydrogen) atoms. The Hall–Kier alpha value is -5.43. The molecule has 0 bridgehead atoms. The number of aromatic nitrogens is 6. The van der Waals surface area contributed by atoms with E-state index in [1.165, 1.54) is 30.2 Å². The van der Waals surface area contributed by atoms with Gasteiger partial charge >= 0.3 is 0 Å². The molecule has 0 radical (unpaired) electrons. The monoisotopic (exact) mass is 634 g/mol. The quantitative estimate of drug-likeness (QED) is 0.202. The molecule has 0 spiro atoms. The Kier molecular flexibility index (Phi) is 5.93. The van der Waals surface area contributed by atoms with Crippen LogP contribution < -0.4 is 4.74 Å². The van der Waals surface area contributed by atoms with Crippen molar-refractivity contribution in [3.05, 3.63) is 90.0 Å². The molecule has 4 aliphatic rings. The highest BCUT2D eigenvalue weighted by Gasteiger charge is 2.61. The Morgan fingerprint density at radius 2 is 1.96 bits per heavy atom. The molecule has 10 heteroatoms. The maximum Gasteiger partial charge on any atom is 0.254 e. The zero-order chi connectivity index (χ0) is 32.1. The van der Waals surface area contributed by atoms with Gasteiger partial charge < -0.3 is 18.8 Å². The van der Waals surface area contributed by atoms with E-state index in [1.54, 1.807) is 24.1 Å². The van der Waals surface area contributed by atoms with E-state index in [-0.39, 0.29) is 5.91 Å². The summed E-state index contributed by atoms with van der Waals surface area (Å²) in [5.41, 5.74) is 6.30. The third-order valence-electron chi connectivity index (χ3n) is 11.3. The molecule has 1 aliphatic heterocycles. The van der Waals surface area contributed by atoms with E-state index >= 15 is 0 Å². The number of hydrogen-bond donors (Lipinski definition) is 0. The summed E-state index contributed by atoms with van der Waals surface area (Å²) in [5.74, 6) is 4.37. The summed E-state index contributed by atoms with van der Waals surface area (Å²) in [5, 5.41) is 15.4. The number of likely N-dealkylation sites (tertiary alicyclic amines) is 1. The summed E-state index contributed by atoms with van der Waals surface area (Å²) in [7, 11) is 1.67. The van der Waals surface area contributed by atoms with Gasteiger partial charge in [-0.25, -0.2) is 14.6 Å². The number of nitrogens with zero attached hydrogens (tertiary/aromatic N) is 8. The van der Waals surface area contributed by atoms with Crippen LogP contribution in [0.4, 0.5) is 0 Å². The van der Waals surface area contributed by atoms with Gasteiger partial charge in [-0.3, -0.25) is 4.79 Å². The Morgan fingerprint density at radius 1 is 1.06 bits per heavy atom. The van der Waals surface area contributed by atoms with Crippen LogP contribution in [0.5, 0.6) is 5.75 Å². The molecule has 5 heterocycles. The number of pyridine rings is 1. The van der Waals surface area contributed by atoms with Crippen molar-refractivity contribution in [2.24, 2.45) is 23.7 Å². The molecule has 1 amide bonds. The number of para-hydroxylation sites is 1. The van der Waals surface area contributed by atoms with E-state index in [1.807, 2.05) is 30.6 Å². The molecule has 6 aromatic rings. The van der Waals surface area contributed by atoms with Gasteiger partial charge in [0.2, 0.25) is 0 Å². The van der Waals surface area contributed by atoms with Crippen LogP contribution in [0.15, 0.2) is 73.2 Å². The molecule has 3 aliphatic carbocycles. The lowest BCUT2D eigenvalue weighted by molar-refractivity contribution is -0.0204. The fourth-order valence-corrected chi connectivity index (χ4v) is 8.80. The number of benzene rings is 2. The first-order valence-corrected chi connectivity index (χ1v) is 16.9. The zero-order valence-electron chi connectivity index (χ0n) is 26.7. The molecule has 4 fully saturated rings. The number of hydrogen-bond acceptors (Lipinski definition) is 6. The number of carbonyl (C=O) groups is 1. The molecular weight excluding hydrogens is 600 g/mol. The molecular formula is C38H34N8O2. The predicted octanol–water partition coefficient (Wildman–Crippen LogP) is 6.06. The zero-order valence-corrected chi connectivity index (χ0v) is 26.7. The van der Waals surface area contributed by atoms with Crippen molar-refractivity contribution in [1.82, 2.24) is 33.8 Å². The molecule has 1 saturated heterocycles. The summed E-state index contributed by atoms with van der Waals surface area (Å²) in [6.45, 7) is 2.25. The van der Waals surface area contributed by atoms with E-state index < -0.39 is 0 Å². The van der Waals surface area contributed by atoms with Crippen molar-refractivity contribution in [2.75, 3.05) is 13.7 Å². The van der Waals surface area contributed by atoms with Gasteiger partial charge in [-0.15, -0.1) is 0 Å². The van der Waals surface area contributed by atoms with E-state index in [0.29, 0.717) is 53.0 Å². The largest absolute Gasteiger partial charge is 0.494 e. The van der Waals surface area contributed by atoms with E-state index in [2.05, 4.69) is 60.5 Å². The number of fused-ring (bicyclic) bond motifs is 2. The highest BCUT2D eigenvalue weighted by atomic mass is 16.5. The van der Waals surface area contributed by atoms with Crippen molar-refractivity contribution in [2.45, 2.75) is 44.8 Å². The van der Waals surface area contributed by atoms with Crippen molar-refractivity contribution in [3.8, 4) is 29.0 Å². The van der Waals surface area contributed by atoms with Gasteiger partial charge in [-0.1, -0.05) is 18.2 Å². The van der Waals surface area contributed by atoms with Crippen LogP contribution in [0, 0.1) is 35.0 Å². The first kappa shape index (κ1) is 27.7. The summed E-state index contributed by atoms with van der Waals surface area (Å²) in [6, 6.07) is 20.8. The molecule has 10 nitrogen and oxygen atoms in total. The average Bonchev–Trinajstić information content (AvgIpc) is 3.50. The van der Waals surface area contributed by atoms with Gasteiger partial charge in [-0.2, -0.15) is 10.4 Å². The fourth-order valence-electron chi connectivity index (χ4n) is 8.80. The van der Waals surface area contributed by atoms with Crippen LogP contribution >= 0.6 is 0 Å². The number of methoxy groups -OCH3 is 1. The number of carbonyl (C=O) groups excluding carboxylic acids is 1. The summed E-state index contributed by atoms with van der Waals surface area (Å²) in [4.78, 5) is 25.7. The van der Waals surface area contributed by atoms with Gasteiger partial charge in [0.25, 0.3) is 5.91 Å². The Balaban J connectivity index is 1.12. The predicted molar refractivity (Wildman–Crippen MR) is 180 cm³/mol. The van der Waals surface area contributed by atoms with Gasteiger partial charge in [0.1, 0.15) is 23.0 Å². The normalized spacial score (nSPS) is 22.4. The van der Waals surface area contributed by atoms with Gasteiger partial charge in [0, 0.05) is 53.6 Å². The lowest BCUT2D eigenvalue weighted by Gasteiger charge is -2.52. The summed E-state index contributed by atoms with van der Waals surface area (Å²) in [6.07, 6.45) is 10.2. The number of rotatable bonds is 8. The average molecular weight is 635 g/mol. The second-order valence-corrected chi connectivity index (χ2v) is 14.1. The first-order chi connectivity index (χ1) is 23.6. The fraction of sp³-hybridized carbons (Fsp3) is 0.342. The smallest absolute Gasteiger partial charge is 0.254 e. The van der Waals surface area contributed by atoms with Crippen LogP contribution in [0.3, 0.4) is 0 Å². The third kappa shape index (κ3) is 4.09. The summed E-state index contributed by atoms with van der Waals surface area (Å²) < 4.78 is 12.4. The second kappa shape index (κ2) is 10.3. The molecule has 238 valence electrons. The molecule has 2 aromatic carbocycles. The third-order valence-corrected chi connectivity index (χ3v) is 11.3. The molecule has 3 unspecified atom stereocenters. The minimum atomic E-state index is 0.0815. The maximum absolute atomic E-state index is 14.0. The van der Waals surface area contributed by atoms with Crippen LogP contribution in [0.25, 0.3) is 39.1 Å². The van der Waals surface area contributed by atoms with E-state index in [0.717, 1.165) is 53.5 Å². The molecule has 4 aromatic heterocycles. The van der Waals surface area contributed by atoms with E-state index in [4.69, 9.17) is 9.72 Å². The number of imidazole rings is 1. The van der Waals surface area contributed by atoms with Crippen molar-refractivity contribution < 1.29 is 9.53 Å². The van der Waals surface area contributed by atoms with Crippen LogP contribution in [-0.2, 0) is 13.1 Å². The summed E-state index contributed by atoms with van der Waals surface area (Å²) >= 11 is 0. The Bertz CT molecular complexity index is 2320. The molecule has 10 rings (SSSR count). The van der Waals surface area contributed by atoms with Gasteiger partial charge in [0.15, 0.2) is 11.5 Å². The van der Waals surface area contributed by atoms with Crippen molar-refractivity contribution in [3.63, 3.8) is 0 Å². The topological polar surface area (TPSA) is 107 Å². The van der Waals surface area contributed by atoms with Crippen molar-refractivity contribution in [1.29, 1.82) is 5.26 Å². The lowest BCUT2D eigenvalue weighted by atomic mass is 9.53. The molecule has 0 N–H and O–H groups in total. The van der Waals surface area contributed by atoms with Crippen molar-refractivity contribution >= 4 is 27.8 Å². The van der Waals surface area contributed by atoms with Crippen LogP contribution in [0.1, 0.15) is 47.3 Å². The van der Waals surface area contributed by atoms with Gasteiger partial charge in [-0.05, 0) is 85.8 Å². The standard InChI is InChI=1S/C38H34N8O2/c1-48-34-15-26(38(47)44-21-27-11-25-14-32(44)35(25)27)12-28-36(34)45(19-23-17-41-46(20-23)31-7-4-10-40-29(31)16-39)37(42-28)33-13-24-5-2-3-6-30(24)43(33)18-22-8-9-22/h2-7,10,12-13,15,17,20,22,25,27,32,35H,8-9,11,14,18-19,21H2,1H3/t25?,27?,32?,35-/m1/s1. The maximum atomic E-state index is 14.0. The number of nitriles is 1. The van der Waals surface area contributed by atoms with Gasteiger partial charge in [0.05, 0.1) is 31.1 Å². The minimum Gasteiger partial charge on any atom is -0.494 e. The first-order valence-electron chi connectivity index (χ1n) is 16.9. The van der Waals surface area contributed by atoms with E-state index in [9.17, 15) is 10.1 Å². The molecule has 3 saturated carbocycles. The second-order valence-electron chi connectivity index (χ2n) is 14.1. The van der Waals surface area contributed by atoms with Crippen LogP contribution in [0.2, 0.25) is 0 Å². The lowest BCUT2D eigenvalue weighted by Crippen LogP contribution is -2.53. The highest BCUT2D eigenvalue weighted by molar-refractivity contribution is 6.00. The Labute approximate surface area is 277 Å². The Morgan fingerprint density at radius 3 is 2.77 bits per heavy atom. The molecule has 4 atom stereocenters. The van der Waals surface area contributed by atoms with Crippen LogP contribution in [-0.4, -0.2) is 59.4 Å². The highest BCUT2D eigenvalue weighted by Crippen LogP contribution is 2.60. The number of ether oxygens (including phenoxy) is 1. The number of amides is 1. The SMILES string of the molecule is COc1cc(C(=O)N2CC3CC4CC2[C@H]43)cc2nc(-c3cc4ccccc4n3CC3CC3)n(Cc3cnn(-c4cccnc4C#N)c3)c12.